The van der Waals surface area contributed by atoms with E-state index in [9.17, 15) is 5.21 Å². The molecule has 0 amide bonds. The highest BCUT2D eigenvalue weighted by Gasteiger charge is 2.09. The lowest BCUT2D eigenvalue weighted by Gasteiger charge is -2.39. The van der Waals surface area contributed by atoms with Crippen molar-refractivity contribution in [3.63, 3.8) is 0 Å². The fraction of sp³-hybridized carbons (Fsp3) is 1.00. The lowest BCUT2D eigenvalue weighted by atomic mass is 10.1. The number of hydroxylamine groups is 3. The van der Waals surface area contributed by atoms with Gasteiger partial charge in [-0.1, -0.05) is 129 Å². The molecule has 1 atom stereocenters. The largest absolute Gasteiger partial charge is 0.633 e. The van der Waals surface area contributed by atoms with Crippen molar-refractivity contribution >= 4 is 0 Å². The van der Waals surface area contributed by atoms with Gasteiger partial charge in [-0.15, -0.1) is 0 Å². The van der Waals surface area contributed by atoms with Crippen LogP contribution in [0.1, 0.15) is 155 Å². The Kier molecular flexibility index (Phi) is 22.5. The molecular weight excluding hydrogens is 354 g/mol. The SMILES string of the molecule is CCCCCCCCCCCCCC[N+](C)([O-])CCCCCCCCCCCC. The van der Waals surface area contributed by atoms with Crippen LogP contribution in [0.25, 0.3) is 0 Å². The summed E-state index contributed by atoms with van der Waals surface area (Å²) in [6.07, 6.45) is 29.8. The maximum atomic E-state index is 12.6. The number of unbranched alkanes of at least 4 members (excludes halogenated alkanes) is 20. The molecule has 29 heavy (non-hydrogen) atoms. The molecule has 0 heterocycles. The molecule has 0 saturated heterocycles. The van der Waals surface area contributed by atoms with Crippen LogP contribution in [0.15, 0.2) is 0 Å². The van der Waals surface area contributed by atoms with Crippen LogP contribution in [0.3, 0.4) is 0 Å². The Balaban J connectivity index is 3.30. The van der Waals surface area contributed by atoms with Gasteiger partial charge < -0.3 is 9.85 Å². The predicted molar refractivity (Wildman–Crippen MR) is 132 cm³/mol. The van der Waals surface area contributed by atoms with Gasteiger partial charge in [0.1, 0.15) is 0 Å². The van der Waals surface area contributed by atoms with Gasteiger partial charge in [0.15, 0.2) is 0 Å². The van der Waals surface area contributed by atoms with Gasteiger partial charge in [0.05, 0.1) is 20.1 Å². The number of quaternary nitrogens is 1. The number of nitrogens with zero attached hydrogens (tertiary/aromatic N) is 1. The first kappa shape index (κ1) is 28.9. The second-order valence-corrected chi connectivity index (χ2v) is 9.82. The average Bonchev–Trinajstić information content (AvgIpc) is 2.70. The third-order valence-corrected chi connectivity index (χ3v) is 6.47. The highest BCUT2D eigenvalue weighted by atomic mass is 16.5. The molecule has 0 radical (unpaired) electrons. The highest BCUT2D eigenvalue weighted by Crippen LogP contribution is 2.15. The van der Waals surface area contributed by atoms with Gasteiger partial charge in [0.2, 0.25) is 0 Å². The number of hydrogen-bond donors (Lipinski definition) is 0. The van der Waals surface area contributed by atoms with Gasteiger partial charge in [-0.3, -0.25) is 0 Å². The minimum Gasteiger partial charge on any atom is -0.633 e. The second kappa shape index (κ2) is 22.6. The van der Waals surface area contributed by atoms with Gasteiger partial charge in [0.25, 0.3) is 0 Å². The van der Waals surface area contributed by atoms with Crippen molar-refractivity contribution in [2.45, 2.75) is 155 Å². The molecule has 2 nitrogen and oxygen atoms in total. The predicted octanol–water partition coefficient (Wildman–Crippen LogP) is 9.55. The summed E-state index contributed by atoms with van der Waals surface area (Å²) in [5, 5.41) is 12.6. The summed E-state index contributed by atoms with van der Waals surface area (Å²) in [5.74, 6) is 0. The number of rotatable bonds is 24. The van der Waals surface area contributed by atoms with E-state index in [1.165, 1.54) is 128 Å². The summed E-state index contributed by atoms with van der Waals surface area (Å²) in [4.78, 5) is 0. The van der Waals surface area contributed by atoms with Gasteiger partial charge >= 0.3 is 0 Å². The Morgan fingerprint density at radius 2 is 0.586 bits per heavy atom. The fourth-order valence-electron chi connectivity index (χ4n) is 4.33. The fourth-order valence-corrected chi connectivity index (χ4v) is 4.33. The quantitative estimate of drug-likeness (QED) is 0.0880. The Morgan fingerprint density at radius 3 is 0.828 bits per heavy atom. The summed E-state index contributed by atoms with van der Waals surface area (Å²) in [7, 11) is 1.90. The Morgan fingerprint density at radius 1 is 0.379 bits per heavy atom. The monoisotopic (exact) mass is 411 g/mol. The molecule has 0 aromatic rings. The van der Waals surface area contributed by atoms with Crippen molar-refractivity contribution in [1.29, 1.82) is 0 Å². The topological polar surface area (TPSA) is 23.1 Å². The molecule has 0 bridgehead atoms. The van der Waals surface area contributed by atoms with Gasteiger partial charge in [0, 0.05) is 0 Å². The minimum absolute atomic E-state index is 0.00518. The highest BCUT2D eigenvalue weighted by molar-refractivity contribution is 4.51. The van der Waals surface area contributed by atoms with Crippen LogP contribution >= 0.6 is 0 Å². The third-order valence-electron chi connectivity index (χ3n) is 6.47. The van der Waals surface area contributed by atoms with Crippen LogP contribution in [-0.4, -0.2) is 24.8 Å². The summed E-state index contributed by atoms with van der Waals surface area (Å²) < 4.78 is -0.00518. The summed E-state index contributed by atoms with van der Waals surface area (Å²) in [6, 6.07) is 0. The third kappa shape index (κ3) is 24.1. The van der Waals surface area contributed by atoms with Crippen LogP contribution in [0.4, 0.5) is 0 Å². The Labute approximate surface area is 185 Å². The van der Waals surface area contributed by atoms with Gasteiger partial charge in [-0.05, 0) is 25.7 Å². The van der Waals surface area contributed by atoms with E-state index < -0.39 is 0 Å². The first-order valence-electron chi connectivity index (χ1n) is 13.7. The minimum atomic E-state index is -0.00518. The van der Waals surface area contributed by atoms with E-state index in [4.69, 9.17) is 0 Å². The van der Waals surface area contributed by atoms with Crippen LogP contribution in [0, 0.1) is 5.21 Å². The van der Waals surface area contributed by atoms with Gasteiger partial charge in [-0.25, -0.2) is 0 Å². The molecule has 0 aliphatic heterocycles. The Hall–Kier alpha value is -0.0800. The first-order valence-corrected chi connectivity index (χ1v) is 13.7. The molecule has 2 heteroatoms. The van der Waals surface area contributed by atoms with E-state index in [-0.39, 0.29) is 4.65 Å². The van der Waals surface area contributed by atoms with Crippen molar-refractivity contribution in [3.8, 4) is 0 Å². The maximum absolute atomic E-state index is 12.6. The number of hydrogen-bond acceptors (Lipinski definition) is 1. The standard InChI is InChI=1S/C27H57NO/c1-4-6-8-10-12-14-16-17-19-21-23-25-27-28(3,29)26-24-22-20-18-15-13-11-9-7-5-2/h4-27H2,1-3H3. The maximum Gasteiger partial charge on any atom is 0.0781 e. The lowest BCUT2D eigenvalue weighted by molar-refractivity contribution is -0.861. The zero-order valence-electron chi connectivity index (χ0n) is 20.8. The van der Waals surface area contributed by atoms with E-state index in [0.29, 0.717) is 0 Å². The zero-order valence-corrected chi connectivity index (χ0v) is 20.8. The second-order valence-electron chi connectivity index (χ2n) is 9.82. The average molecular weight is 412 g/mol. The van der Waals surface area contributed by atoms with Crippen molar-refractivity contribution in [2.75, 3.05) is 20.1 Å². The summed E-state index contributed by atoms with van der Waals surface area (Å²) >= 11 is 0. The molecule has 0 aromatic carbocycles. The molecule has 176 valence electrons. The van der Waals surface area contributed by atoms with E-state index in [1.54, 1.807) is 0 Å². The molecular formula is C27H57NO. The van der Waals surface area contributed by atoms with E-state index in [1.807, 2.05) is 7.05 Å². The first-order chi connectivity index (χ1) is 14.1. The van der Waals surface area contributed by atoms with E-state index in [2.05, 4.69) is 13.8 Å². The molecule has 0 aliphatic carbocycles. The lowest BCUT2D eigenvalue weighted by Crippen LogP contribution is -2.39. The zero-order chi connectivity index (χ0) is 21.5. The molecule has 0 spiro atoms. The normalized spacial score (nSPS) is 13.7. The van der Waals surface area contributed by atoms with Crippen LogP contribution in [0.5, 0.6) is 0 Å². The molecule has 0 saturated carbocycles. The summed E-state index contributed by atoms with van der Waals surface area (Å²) in [6.45, 7) is 6.22. The molecule has 0 fully saturated rings. The molecule has 0 aliphatic rings. The smallest absolute Gasteiger partial charge is 0.0781 e. The Bertz CT molecular complexity index is 303. The van der Waals surface area contributed by atoms with Crippen LogP contribution in [-0.2, 0) is 0 Å². The van der Waals surface area contributed by atoms with Crippen LogP contribution in [0.2, 0.25) is 0 Å². The van der Waals surface area contributed by atoms with E-state index >= 15 is 0 Å². The van der Waals surface area contributed by atoms with Crippen molar-refractivity contribution in [2.24, 2.45) is 0 Å². The molecule has 0 N–H and O–H groups in total. The molecule has 1 unspecified atom stereocenters. The molecule has 0 aromatic heterocycles. The molecule has 0 rings (SSSR count). The van der Waals surface area contributed by atoms with Gasteiger partial charge in [-0.2, -0.15) is 0 Å². The van der Waals surface area contributed by atoms with E-state index in [0.717, 1.165) is 25.9 Å². The van der Waals surface area contributed by atoms with Crippen molar-refractivity contribution in [1.82, 2.24) is 0 Å². The van der Waals surface area contributed by atoms with Crippen LogP contribution < -0.4 is 0 Å². The van der Waals surface area contributed by atoms with Crippen molar-refractivity contribution < 1.29 is 4.65 Å². The van der Waals surface area contributed by atoms with Crippen molar-refractivity contribution in [3.05, 3.63) is 5.21 Å². The summed E-state index contributed by atoms with van der Waals surface area (Å²) in [5.41, 5.74) is 0.